The van der Waals surface area contributed by atoms with Crippen LogP contribution < -0.4 is 10.9 Å². The smallest absolute Gasteiger partial charge is 0.210 e. The van der Waals surface area contributed by atoms with Crippen LogP contribution >= 0.6 is 11.8 Å². The van der Waals surface area contributed by atoms with Crippen LogP contribution in [-0.4, -0.2) is 26.6 Å². The first-order valence-electron chi connectivity index (χ1n) is 6.15. The van der Waals surface area contributed by atoms with Crippen LogP contribution in [0.4, 0.5) is 0 Å². The van der Waals surface area contributed by atoms with E-state index in [1.165, 1.54) is 10.2 Å². The molecule has 0 radical (unpaired) electrons. The number of hydrogen-bond donors (Lipinski definition) is 1. The van der Waals surface area contributed by atoms with Crippen molar-refractivity contribution in [2.75, 3.05) is 11.6 Å². The summed E-state index contributed by atoms with van der Waals surface area (Å²) < 4.78 is 1.34. The van der Waals surface area contributed by atoms with Gasteiger partial charge in [0.15, 0.2) is 5.82 Å². The molecule has 0 aliphatic heterocycles. The van der Waals surface area contributed by atoms with Crippen molar-refractivity contribution in [1.82, 2.24) is 14.9 Å². The van der Waals surface area contributed by atoms with E-state index in [2.05, 4.69) is 17.1 Å². The van der Waals surface area contributed by atoms with Gasteiger partial charge in [0.1, 0.15) is 0 Å². The molecule has 0 spiro atoms. The zero-order chi connectivity index (χ0) is 14.5. The Morgan fingerprint density at radius 1 is 1.40 bits per heavy atom. The van der Waals surface area contributed by atoms with E-state index in [0.717, 1.165) is 11.8 Å². The van der Waals surface area contributed by atoms with Gasteiger partial charge in [0.2, 0.25) is 5.16 Å². The van der Waals surface area contributed by atoms with Gasteiger partial charge in [0.25, 0.3) is 0 Å². The zero-order valence-electron chi connectivity index (χ0n) is 11.0. The van der Waals surface area contributed by atoms with Crippen LogP contribution in [0.15, 0.2) is 35.5 Å². The lowest BCUT2D eigenvalue weighted by Gasteiger charge is -2.11. The van der Waals surface area contributed by atoms with Gasteiger partial charge in [0, 0.05) is 12.2 Å². The molecule has 1 atom stereocenters. The van der Waals surface area contributed by atoms with Crippen LogP contribution in [0, 0.1) is 0 Å². The highest BCUT2D eigenvalue weighted by molar-refractivity contribution is 7.99. The minimum Gasteiger partial charge on any atom is -0.549 e. The lowest BCUT2D eigenvalue weighted by atomic mass is 9.98. The van der Waals surface area contributed by atoms with Gasteiger partial charge in [0.05, 0.1) is 5.97 Å². The molecule has 1 aromatic heterocycles. The monoisotopic (exact) mass is 291 g/mol. The first-order valence-corrected chi connectivity index (χ1v) is 7.13. The number of nitrogens with zero attached hydrogens (tertiary/aromatic N) is 3. The maximum atomic E-state index is 10.4. The third-order valence-electron chi connectivity index (χ3n) is 2.91. The van der Waals surface area contributed by atoms with Crippen molar-refractivity contribution in [3.63, 3.8) is 0 Å². The first kappa shape index (κ1) is 14.4. The van der Waals surface area contributed by atoms with Crippen LogP contribution in [0.2, 0.25) is 0 Å². The van der Waals surface area contributed by atoms with Gasteiger partial charge < -0.3 is 15.7 Å². The van der Waals surface area contributed by atoms with Crippen LogP contribution in [0.25, 0.3) is 0 Å². The predicted molar refractivity (Wildman–Crippen MR) is 74.5 cm³/mol. The Kier molecular flexibility index (Phi) is 4.62. The molecule has 2 aromatic rings. The molecule has 0 aliphatic rings. The van der Waals surface area contributed by atoms with E-state index < -0.39 is 5.97 Å². The summed E-state index contributed by atoms with van der Waals surface area (Å²) in [6, 6.07) is 10.0. The number of hydrogen-bond acceptors (Lipinski definition) is 6. The van der Waals surface area contributed by atoms with Gasteiger partial charge in [-0.1, -0.05) is 49.0 Å². The van der Waals surface area contributed by atoms with Crippen LogP contribution in [0.5, 0.6) is 0 Å². The Morgan fingerprint density at radius 3 is 2.75 bits per heavy atom. The molecule has 20 heavy (non-hydrogen) atoms. The Labute approximate surface area is 121 Å². The van der Waals surface area contributed by atoms with Crippen molar-refractivity contribution in [2.24, 2.45) is 0 Å². The van der Waals surface area contributed by atoms with Gasteiger partial charge in [-0.3, -0.25) is 0 Å². The summed E-state index contributed by atoms with van der Waals surface area (Å²) in [7, 11) is 0. The van der Waals surface area contributed by atoms with Crippen molar-refractivity contribution >= 4 is 17.7 Å². The Bertz CT molecular complexity index is 585. The summed E-state index contributed by atoms with van der Waals surface area (Å²) >= 11 is 1.00. The second-order valence-electron chi connectivity index (χ2n) is 4.45. The van der Waals surface area contributed by atoms with Gasteiger partial charge in [-0.25, -0.2) is 4.68 Å². The summed E-state index contributed by atoms with van der Waals surface area (Å²) in [5.74, 6) is 5.41. The average Bonchev–Trinajstić information content (AvgIpc) is 2.78. The number of carbonyl (C=O) groups is 1. The molecule has 1 heterocycles. The summed E-state index contributed by atoms with van der Waals surface area (Å²) in [6.45, 7) is 2.08. The molecule has 106 valence electrons. The van der Waals surface area contributed by atoms with Gasteiger partial charge in [-0.05, 0) is 11.5 Å². The molecule has 2 rings (SSSR count). The molecular weight excluding hydrogens is 276 g/mol. The maximum Gasteiger partial charge on any atom is 0.210 e. The number of carbonyl (C=O) groups excluding carboxylic acids is 1. The number of benzene rings is 1. The summed E-state index contributed by atoms with van der Waals surface area (Å²) in [6.07, 6.45) is 0.638. The van der Waals surface area contributed by atoms with Crippen molar-refractivity contribution in [2.45, 2.75) is 24.4 Å². The zero-order valence-corrected chi connectivity index (χ0v) is 11.8. The van der Waals surface area contributed by atoms with Crippen molar-refractivity contribution < 1.29 is 9.90 Å². The van der Waals surface area contributed by atoms with E-state index in [9.17, 15) is 9.90 Å². The molecule has 0 saturated carbocycles. The quantitative estimate of drug-likeness (QED) is 0.602. The molecule has 1 aromatic carbocycles. The predicted octanol–water partition coefficient (Wildman–Crippen LogP) is 0.180. The summed E-state index contributed by atoms with van der Waals surface area (Å²) in [4.78, 5) is 10.4. The Balaban J connectivity index is 2.05. The molecule has 6 nitrogen and oxygen atoms in total. The van der Waals surface area contributed by atoms with Gasteiger partial charge in [-0.2, -0.15) is 0 Å². The molecule has 0 amide bonds. The van der Waals surface area contributed by atoms with Crippen molar-refractivity contribution in [3.05, 3.63) is 41.7 Å². The fraction of sp³-hybridized carbons (Fsp3) is 0.308. The van der Waals surface area contributed by atoms with E-state index in [1.807, 2.05) is 30.3 Å². The Morgan fingerprint density at radius 2 is 2.10 bits per heavy atom. The normalized spacial score (nSPS) is 12.2. The number of nitrogen functional groups attached to an aromatic ring is 1. The van der Waals surface area contributed by atoms with Crippen LogP contribution in [0.3, 0.4) is 0 Å². The van der Waals surface area contributed by atoms with Crippen LogP contribution in [-0.2, 0) is 11.2 Å². The lowest BCUT2D eigenvalue weighted by molar-refractivity contribution is -0.301. The number of carboxylic acid groups (broad SMARTS) is 1. The van der Waals surface area contributed by atoms with Gasteiger partial charge >= 0.3 is 0 Å². The molecule has 0 bridgehead atoms. The minimum atomic E-state index is -1.16. The maximum absolute atomic E-state index is 10.4. The molecular formula is C13H15N4O2S-. The highest BCUT2D eigenvalue weighted by atomic mass is 32.2. The third kappa shape index (κ3) is 3.51. The molecule has 0 unspecified atom stereocenters. The second kappa shape index (κ2) is 6.42. The number of aliphatic carboxylic acids is 1. The van der Waals surface area contributed by atoms with Gasteiger partial charge in [-0.15, -0.1) is 10.2 Å². The van der Waals surface area contributed by atoms with Crippen molar-refractivity contribution in [1.29, 1.82) is 0 Å². The van der Waals surface area contributed by atoms with E-state index in [4.69, 9.17) is 5.84 Å². The minimum absolute atomic E-state index is 0.191. The molecule has 7 heteroatoms. The fourth-order valence-electron chi connectivity index (χ4n) is 1.84. The van der Waals surface area contributed by atoms with E-state index in [1.54, 1.807) is 0 Å². The topological polar surface area (TPSA) is 96.9 Å². The summed E-state index contributed by atoms with van der Waals surface area (Å²) in [5, 5.41) is 18.7. The largest absolute Gasteiger partial charge is 0.549 e. The van der Waals surface area contributed by atoms with E-state index >= 15 is 0 Å². The summed E-state index contributed by atoms with van der Waals surface area (Å²) in [5.41, 5.74) is 1.19. The first-order chi connectivity index (χ1) is 9.58. The highest BCUT2D eigenvalue weighted by Gasteiger charge is 2.14. The average molecular weight is 291 g/mol. The number of aromatic nitrogens is 3. The number of thioether (sulfide) groups is 1. The third-order valence-corrected chi connectivity index (χ3v) is 3.83. The van der Waals surface area contributed by atoms with E-state index in [-0.39, 0.29) is 11.7 Å². The number of nitrogens with two attached hydrogens (primary N) is 1. The number of carboxylic acids is 1. The SMILES string of the molecule is C[C@H](Cc1nnc(SCC(=O)[O-])n1N)c1ccccc1. The molecule has 0 saturated heterocycles. The second-order valence-corrected chi connectivity index (χ2v) is 5.39. The molecule has 0 aliphatic carbocycles. The van der Waals surface area contributed by atoms with Crippen molar-refractivity contribution in [3.8, 4) is 0 Å². The highest BCUT2D eigenvalue weighted by Crippen LogP contribution is 2.21. The van der Waals surface area contributed by atoms with E-state index in [0.29, 0.717) is 17.4 Å². The lowest BCUT2D eigenvalue weighted by Crippen LogP contribution is -2.25. The standard InChI is InChI=1S/C13H16N4O2S/c1-9(10-5-3-2-4-6-10)7-11-15-16-13(17(11)14)20-8-12(18)19/h2-6,9H,7-8,14H2,1H3,(H,18,19)/p-1/t9-/m1/s1. The Hall–Kier alpha value is -2.02. The van der Waals surface area contributed by atoms with Crippen LogP contribution in [0.1, 0.15) is 24.2 Å². The number of rotatable bonds is 6. The molecule has 2 N–H and O–H groups in total. The molecule has 0 fully saturated rings. The fourth-order valence-corrected chi connectivity index (χ4v) is 2.43.